The molecule has 10 heteroatoms. The molecule has 0 aliphatic carbocycles. The van der Waals surface area contributed by atoms with Crippen LogP contribution in [0.25, 0.3) is 0 Å². The van der Waals surface area contributed by atoms with Crippen molar-refractivity contribution < 1.29 is 33.4 Å². The third kappa shape index (κ3) is 6.01. The Hall–Kier alpha value is -4.99. The van der Waals surface area contributed by atoms with E-state index in [0.717, 1.165) is 0 Å². The van der Waals surface area contributed by atoms with Crippen molar-refractivity contribution in [1.82, 2.24) is 10.2 Å². The lowest BCUT2D eigenvalue weighted by atomic mass is 10.1. The first-order valence-corrected chi connectivity index (χ1v) is 12.6. The Morgan fingerprint density at radius 2 is 1.48 bits per heavy atom. The summed E-state index contributed by atoms with van der Waals surface area (Å²) in [7, 11) is 0. The van der Waals surface area contributed by atoms with Crippen molar-refractivity contribution >= 4 is 35.5 Å². The number of rotatable bonds is 7. The van der Waals surface area contributed by atoms with E-state index in [-0.39, 0.29) is 41.5 Å². The highest BCUT2D eigenvalue weighted by molar-refractivity contribution is 6.22. The maximum Gasteiger partial charge on any atom is 0.513 e. The van der Waals surface area contributed by atoms with Crippen LogP contribution in [0.15, 0.2) is 66.7 Å². The third-order valence-corrected chi connectivity index (χ3v) is 6.10. The van der Waals surface area contributed by atoms with Crippen LogP contribution in [0.5, 0.6) is 5.75 Å². The fraction of sp³-hybridized carbons (Fsp3) is 0.233. The number of fused-ring (bicyclic) bond motifs is 1. The fourth-order valence-electron chi connectivity index (χ4n) is 4.18. The largest absolute Gasteiger partial charge is 0.513 e. The molecule has 0 fully saturated rings. The standard InChI is InChI=1S/C30H29N3O7/c1-5-39-29(38)40-21-13-10-18(11-14-21)26(35)32-24-9-7-6-8-20(24)17-31-25(34)19-12-15-22-23(16-19)28(37)33(27(22)36)30(2,3)4/h6-16H,5,17H2,1-4H3,(H,31,34)(H,32,35). The molecule has 4 rings (SSSR count). The van der Waals surface area contributed by atoms with E-state index in [4.69, 9.17) is 9.47 Å². The molecule has 0 aromatic heterocycles. The smallest absolute Gasteiger partial charge is 0.434 e. The second kappa shape index (κ2) is 11.4. The Bertz CT molecular complexity index is 1490. The van der Waals surface area contributed by atoms with E-state index < -0.39 is 29.4 Å². The second-order valence-electron chi connectivity index (χ2n) is 9.98. The number of carbonyl (C=O) groups is 5. The van der Waals surface area contributed by atoms with E-state index in [1.54, 1.807) is 52.0 Å². The molecule has 0 saturated heterocycles. The summed E-state index contributed by atoms with van der Waals surface area (Å²) in [5.74, 6) is -1.41. The summed E-state index contributed by atoms with van der Waals surface area (Å²) < 4.78 is 9.73. The number of benzene rings is 3. The number of nitrogens with zero attached hydrogens (tertiary/aromatic N) is 1. The maximum atomic E-state index is 12.9. The van der Waals surface area contributed by atoms with Gasteiger partial charge in [-0.1, -0.05) is 18.2 Å². The minimum absolute atomic E-state index is 0.0969. The number of amides is 4. The van der Waals surface area contributed by atoms with Crippen LogP contribution in [-0.2, 0) is 11.3 Å². The van der Waals surface area contributed by atoms with Gasteiger partial charge >= 0.3 is 6.16 Å². The minimum atomic E-state index is -0.831. The zero-order valence-electron chi connectivity index (χ0n) is 22.6. The van der Waals surface area contributed by atoms with Crippen LogP contribution in [-0.4, -0.2) is 46.8 Å². The second-order valence-corrected chi connectivity index (χ2v) is 9.98. The van der Waals surface area contributed by atoms with Crippen molar-refractivity contribution in [3.05, 3.63) is 94.5 Å². The molecule has 1 aliphatic rings. The summed E-state index contributed by atoms with van der Waals surface area (Å²) in [6.45, 7) is 7.26. The van der Waals surface area contributed by atoms with Gasteiger partial charge in [0.25, 0.3) is 23.6 Å². The number of hydrogen-bond acceptors (Lipinski definition) is 7. The summed E-state index contributed by atoms with van der Waals surface area (Å²) >= 11 is 0. The zero-order valence-corrected chi connectivity index (χ0v) is 22.6. The number of ether oxygens (including phenoxy) is 2. The van der Waals surface area contributed by atoms with Crippen LogP contribution in [0.3, 0.4) is 0 Å². The molecule has 0 saturated carbocycles. The van der Waals surface area contributed by atoms with Gasteiger partial charge in [0.05, 0.1) is 17.7 Å². The van der Waals surface area contributed by atoms with E-state index in [0.29, 0.717) is 16.8 Å². The highest BCUT2D eigenvalue weighted by Crippen LogP contribution is 2.30. The molecule has 0 atom stereocenters. The zero-order chi connectivity index (χ0) is 29.0. The summed E-state index contributed by atoms with van der Waals surface area (Å²) in [4.78, 5) is 64.0. The first-order valence-electron chi connectivity index (χ1n) is 12.6. The van der Waals surface area contributed by atoms with Crippen LogP contribution in [0.4, 0.5) is 10.5 Å². The average Bonchev–Trinajstić information content (AvgIpc) is 3.17. The SMILES string of the molecule is CCOC(=O)Oc1ccc(C(=O)Nc2ccccc2CNC(=O)c2ccc3c(c2)C(=O)N(C(C)(C)C)C3=O)cc1. The highest BCUT2D eigenvalue weighted by atomic mass is 16.7. The molecule has 0 spiro atoms. The predicted octanol–water partition coefficient (Wildman–Crippen LogP) is 4.80. The average molecular weight is 544 g/mol. The van der Waals surface area contributed by atoms with Crippen LogP contribution in [0.2, 0.25) is 0 Å². The van der Waals surface area contributed by atoms with E-state index in [1.807, 2.05) is 0 Å². The summed E-state index contributed by atoms with van der Waals surface area (Å²) in [6.07, 6.45) is -0.831. The third-order valence-electron chi connectivity index (χ3n) is 6.10. The lowest BCUT2D eigenvalue weighted by molar-refractivity contribution is 0.0507. The van der Waals surface area contributed by atoms with Crippen molar-refractivity contribution in [2.45, 2.75) is 39.8 Å². The first kappa shape index (κ1) is 28.0. The Kier molecular flexibility index (Phi) is 7.99. The van der Waals surface area contributed by atoms with Gasteiger partial charge in [0.1, 0.15) is 5.75 Å². The van der Waals surface area contributed by atoms with E-state index in [9.17, 15) is 24.0 Å². The fourth-order valence-corrected chi connectivity index (χ4v) is 4.18. The van der Waals surface area contributed by atoms with Crippen LogP contribution < -0.4 is 15.4 Å². The molecule has 10 nitrogen and oxygen atoms in total. The number of carbonyl (C=O) groups excluding carboxylic acids is 5. The molecule has 1 aliphatic heterocycles. The molecule has 0 bridgehead atoms. The topological polar surface area (TPSA) is 131 Å². The molecular formula is C30H29N3O7. The number of anilines is 1. The Morgan fingerprint density at radius 3 is 2.15 bits per heavy atom. The van der Waals surface area contributed by atoms with E-state index in [2.05, 4.69) is 10.6 Å². The Labute approximate surface area is 231 Å². The van der Waals surface area contributed by atoms with Gasteiger partial charge < -0.3 is 20.1 Å². The maximum absolute atomic E-state index is 12.9. The molecule has 2 N–H and O–H groups in total. The van der Waals surface area contributed by atoms with Crippen molar-refractivity contribution in [1.29, 1.82) is 0 Å². The minimum Gasteiger partial charge on any atom is -0.434 e. The molecule has 1 heterocycles. The van der Waals surface area contributed by atoms with Gasteiger partial charge in [0.2, 0.25) is 0 Å². The molecule has 3 aromatic carbocycles. The molecule has 206 valence electrons. The molecular weight excluding hydrogens is 514 g/mol. The highest BCUT2D eigenvalue weighted by Gasteiger charge is 2.42. The Balaban J connectivity index is 1.42. The molecule has 3 aromatic rings. The number of nitrogens with one attached hydrogen (secondary N) is 2. The van der Waals surface area contributed by atoms with E-state index in [1.165, 1.54) is 47.4 Å². The van der Waals surface area contributed by atoms with Crippen molar-refractivity contribution in [3.63, 3.8) is 0 Å². The van der Waals surface area contributed by atoms with Crippen molar-refractivity contribution in [3.8, 4) is 5.75 Å². The van der Waals surface area contributed by atoms with Gasteiger partial charge in [-0.25, -0.2) is 4.79 Å². The normalized spacial score (nSPS) is 12.6. The quantitative estimate of drug-likeness (QED) is 0.249. The van der Waals surface area contributed by atoms with Crippen LogP contribution in [0, 0.1) is 0 Å². The molecule has 40 heavy (non-hydrogen) atoms. The van der Waals surface area contributed by atoms with Gasteiger partial charge in [-0.05, 0) is 81.8 Å². The number of imide groups is 1. The number of para-hydroxylation sites is 1. The molecule has 4 amide bonds. The van der Waals surface area contributed by atoms with Gasteiger partial charge in [0.15, 0.2) is 0 Å². The lowest BCUT2D eigenvalue weighted by Gasteiger charge is -2.29. The van der Waals surface area contributed by atoms with Crippen LogP contribution in [0.1, 0.15) is 74.7 Å². The predicted molar refractivity (Wildman–Crippen MR) is 146 cm³/mol. The lowest BCUT2D eigenvalue weighted by Crippen LogP contribution is -2.45. The van der Waals surface area contributed by atoms with Crippen molar-refractivity contribution in [2.24, 2.45) is 0 Å². The monoisotopic (exact) mass is 543 g/mol. The summed E-state index contributed by atoms with van der Waals surface area (Å²) in [5, 5.41) is 5.63. The summed E-state index contributed by atoms with van der Waals surface area (Å²) in [6, 6.07) is 17.4. The summed E-state index contributed by atoms with van der Waals surface area (Å²) in [5.41, 5.74) is 1.48. The molecule has 0 radical (unpaired) electrons. The van der Waals surface area contributed by atoms with Gasteiger partial charge in [-0.15, -0.1) is 0 Å². The first-order chi connectivity index (χ1) is 19.0. The molecule has 0 unspecified atom stereocenters. The van der Waals surface area contributed by atoms with Gasteiger partial charge in [0, 0.05) is 28.9 Å². The van der Waals surface area contributed by atoms with Crippen LogP contribution >= 0.6 is 0 Å². The Morgan fingerprint density at radius 1 is 0.825 bits per heavy atom. The van der Waals surface area contributed by atoms with Crippen molar-refractivity contribution in [2.75, 3.05) is 11.9 Å². The van der Waals surface area contributed by atoms with Gasteiger partial charge in [-0.2, -0.15) is 0 Å². The van der Waals surface area contributed by atoms with E-state index >= 15 is 0 Å². The number of hydrogen-bond donors (Lipinski definition) is 2. The van der Waals surface area contributed by atoms with Gasteiger partial charge in [-0.3, -0.25) is 24.1 Å².